The molecule has 4 rings (SSSR count). The lowest BCUT2D eigenvalue weighted by Crippen LogP contribution is -2.34. The van der Waals surface area contributed by atoms with Crippen LogP contribution in [-0.4, -0.2) is 25.7 Å². The molecule has 2 aromatic carbocycles. The number of aromatic nitrogens is 4. The van der Waals surface area contributed by atoms with Gasteiger partial charge in [0.15, 0.2) is 0 Å². The maximum absolute atomic E-state index is 12.9. The molecule has 2 heterocycles. The van der Waals surface area contributed by atoms with Crippen molar-refractivity contribution in [2.24, 2.45) is 13.0 Å². The summed E-state index contributed by atoms with van der Waals surface area (Å²) in [6, 6.07) is 14.8. The number of aryl methyl sites for hydroxylation is 1. The molecule has 0 aliphatic heterocycles. The molecule has 0 fully saturated rings. The first-order valence-electron chi connectivity index (χ1n) is 9.62. The maximum atomic E-state index is 12.9. The van der Waals surface area contributed by atoms with Crippen molar-refractivity contribution < 1.29 is 4.79 Å². The zero-order valence-corrected chi connectivity index (χ0v) is 16.6. The number of benzene rings is 2. The summed E-state index contributed by atoms with van der Waals surface area (Å²) in [6.07, 6.45) is 0.0739. The van der Waals surface area contributed by atoms with Gasteiger partial charge in [0, 0.05) is 12.4 Å². The minimum absolute atomic E-state index is 0.0739. The first-order valence-corrected chi connectivity index (χ1v) is 9.62. The first-order chi connectivity index (χ1) is 14.0. The van der Waals surface area contributed by atoms with E-state index in [1.54, 1.807) is 12.1 Å². The van der Waals surface area contributed by atoms with E-state index < -0.39 is 0 Å². The van der Waals surface area contributed by atoms with Gasteiger partial charge in [-0.2, -0.15) is 5.10 Å². The van der Waals surface area contributed by atoms with Crippen LogP contribution < -0.4 is 10.9 Å². The van der Waals surface area contributed by atoms with Crippen molar-refractivity contribution in [2.75, 3.05) is 0 Å². The molecule has 0 bridgehead atoms. The summed E-state index contributed by atoms with van der Waals surface area (Å²) in [5.74, 6) is 0.795. The summed E-state index contributed by atoms with van der Waals surface area (Å²) >= 11 is 0. The van der Waals surface area contributed by atoms with Crippen LogP contribution in [-0.2, 0) is 18.3 Å². The summed E-state index contributed by atoms with van der Waals surface area (Å²) in [5, 5.41) is 10.9. The van der Waals surface area contributed by atoms with Crippen LogP contribution in [0.2, 0.25) is 0 Å². The second-order valence-electron chi connectivity index (χ2n) is 7.53. The summed E-state index contributed by atoms with van der Waals surface area (Å²) in [4.78, 5) is 29.6. The Morgan fingerprint density at radius 2 is 1.79 bits per heavy atom. The van der Waals surface area contributed by atoms with Crippen molar-refractivity contribution in [2.45, 2.75) is 26.3 Å². The van der Waals surface area contributed by atoms with Crippen molar-refractivity contribution >= 4 is 27.7 Å². The van der Waals surface area contributed by atoms with Crippen molar-refractivity contribution in [3.05, 3.63) is 70.4 Å². The van der Waals surface area contributed by atoms with Crippen molar-refractivity contribution in [1.29, 1.82) is 0 Å². The molecule has 7 nitrogen and oxygen atoms in total. The minimum Gasteiger partial charge on any atom is -0.346 e. The fourth-order valence-corrected chi connectivity index (χ4v) is 3.65. The van der Waals surface area contributed by atoms with Crippen molar-refractivity contribution in [3.63, 3.8) is 0 Å². The number of fused-ring (bicyclic) bond motifs is 2. The summed E-state index contributed by atoms with van der Waals surface area (Å²) in [6.45, 7) is 4.11. The fraction of sp³-hybridized carbons (Fsp3) is 0.273. The number of amides is 1. The van der Waals surface area contributed by atoms with Gasteiger partial charge in [0.1, 0.15) is 5.82 Å². The summed E-state index contributed by atoms with van der Waals surface area (Å²) in [5.41, 5.74) is 2.21. The summed E-state index contributed by atoms with van der Waals surface area (Å²) in [7, 11) is 1.96. The van der Waals surface area contributed by atoms with Crippen LogP contribution in [0.25, 0.3) is 21.8 Å². The van der Waals surface area contributed by atoms with E-state index in [0.717, 1.165) is 16.9 Å². The monoisotopic (exact) mass is 389 g/mol. The number of aromatic amines is 1. The molecular formula is C22H23N5O2. The molecule has 29 heavy (non-hydrogen) atoms. The largest absolute Gasteiger partial charge is 0.346 e. The smallest absolute Gasteiger partial charge is 0.272 e. The van der Waals surface area contributed by atoms with Gasteiger partial charge < -0.3 is 9.88 Å². The van der Waals surface area contributed by atoms with E-state index in [2.05, 4.69) is 29.4 Å². The maximum Gasteiger partial charge on any atom is 0.272 e. The van der Waals surface area contributed by atoms with Gasteiger partial charge in [-0.1, -0.05) is 44.2 Å². The number of nitrogens with one attached hydrogen (secondary N) is 2. The molecule has 0 aliphatic carbocycles. The second kappa shape index (κ2) is 7.50. The third-order valence-electron chi connectivity index (χ3n) is 5.19. The van der Waals surface area contributed by atoms with Gasteiger partial charge >= 0.3 is 0 Å². The molecule has 2 aromatic heterocycles. The van der Waals surface area contributed by atoms with Crippen molar-refractivity contribution in [1.82, 2.24) is 25.1 Å². The lowest BCUT2D eigenvalue weighted by atomic mass is 10.0. The van der Waals surface area contributed by atoms with Crippen LogP contribution in [0.5, 0.6) is 0 Å². The topological polar surface area (TPSA) is 92.7 Å². The Bertz CT molecular complexity index is 1260. The second-order valence-corrected chi connectivity index (χ2v) is 7.53. The number of carbonyl (C=O) groups is 1. The lowest BCUT2D eigenvalue weighted by molar-refractivity contribution is -0.121. The molecule has 0 saturated carbocycles. The highest BCUT2D eigenvalue weighted by Crippen LogP contribution is 2.25. The minimum atomic E-state index is -0.260. The van der Waals surface area contributed by atoms with E-state index in [1.807, 2.05) is 48.0 Å². The number of H-pyrrole nitrogens is 1. The zero-order valence-electron chi connectivity index (χ0n) is 16.6. The Morgan fingerprint density at radius 3 is 2.52 bits per heavy atom. The Balaban J connectivity index is 1.63. The van der Waals surface area contributed by atoms with Gasteiger partial charge in [0.25, 0.3) is 5.56 Å². The van der Waals surface area contributed by atoms with Gasteiger partial charge in [-0.3, -0.25) is 9.59 Å². The predicted octanol–water partition coefficient (Wildman–Crippen LogP) is 2.87. The van der Waals surface area contributed by atoms with Crippen molar-refractivity contribution in [3.8, 4) is 0 Å². The van der Waals surface area contributed by atoms with Crippen LogP contribution in [0, 0.1) is 5.92 Å². The quantitative estimate of drug-likeness (QED) is 0.549. The first kappa shape index (κ1) is 18.9. The summed E-state index contributed by atoms with van der Waals surface area (Å²) < 4.78 is 2.02. The van der Waals surface area contributed by atoms with E-state index >= 15 is 0 Å². The Hall–Kier alpha value is -3.48. The lowest BCUT2D eigenvalue weighted by Gasteiger charge is -2.22. The number of hydrogen-bond acceptors (Lipinski definition) is 4. The number of nitrogens with zero attached hydrogens (tertiary/aromatic N) is 3. The Morgan fingerprint density at radius 1 is 1.10 bits per heavy atom. The highest BCUT2D eigenvalue weighted by Gasteiger charge is 2.24. The van der Waals surface area contributed by atoms with Crippen LogP contribution in [0.15, 0.2) is 53.3 Å². The van der Waals surface area contributed by atoms with E-state index in [0.29, 0.717) is 16.5 Å². The van der Waals surface area contributed by atoms with E-state index in [4.69, 9.17) is 4.98 Å². The normalized spacial score (nSPS) is 12.6. The van der Waals surface area contributed by atoms with Gasteiger partial charge in [-0.15, -0.1) is 0 Å². The Labute approximate surface area is 167 Å². The molecule has 1 amide bonds. The molecule has 0 spiro atoms. The van der Waals surface area contributed by atoms with Gasteiger partial charge in [0.2, 0.25) is 5.91 Å². The van der Waals surface area contributed by atoms with E-state index in [9.17, 15) is 9.59 Å². The molecule has 0 saturated heterocycles. The highest BCUT2D eigenvalue weighted by molar-refractivity contribution is 5.88. The third-order valence-corrected chi connectivity index (χ3v) is 5.19. The van der Waals surface area contributed by atoms with E-state index in [1.165, 1.54) is 0 Å². The number of para-hydroxylation sites is 2. The molecule has 0 aliphatic rings. The molecule has 4 aromatic rings. The zero-order chi connectivity index (χ0) is 20.5. The van der Waals surface area contributed by atoms with Gasteiger partial charge in [-0.25, -0.2) is 10.1 Å². The SMILES string of the molecule is CC(C)[C@@H](NC(=O)Cc1n[nH]c(=O)c2ccccc12)c1nc2ccccc2n1C. The average molecular weight is 389 g/mol. The molecule has 148 valence electrons. The predicted molar refractivity (Wildman–Crippen MR) is 113 cm³/mol. The van der Waals surface area contributed by atoms with Crippen LogP contribution in [0.1, 0.15) is 31.4 Å². The number of hydrogen-bond donors (Lipinski definition) is 2. The fourth-order valence-electron chi connectivity index (χ4n) is 3.65. The standard InChI is InChI=1S/C22H23N5O2/c1-13(2)20(21-23-16-10-6-7-11-18(16)27(21)3)24-19(28)12-17-14-8-4-5-9-15(14)22(29)26-25-17/h4-11,13,20H,12H2,1-3H3,(H,24,28)(H,26,29)/t20-/m1/s1. The third kappa shape index (κ3) is 3.51. The van der Waals surface area contributed by atoms with Gasteiger partial charge in [-0.05, 0) is 24.1 Å². The van der Waals surface area contributed by atoms with Crippen LogP contribution in [0.4, 0.5) is 0 Å². The van der Waals surface area contributed by atoms with E-state index in [-0.39, 0.29) is 29.8 Å². The molecule has 7 heteroatoms. The highest BCUT2D eigenvalue weighted by atomic mass is 16.1. The molecule has 1 atom stereocenters. The molecule has 2 N–H and O–H groups in total. The Kier molecular flexibility index (Phi) is 4.88. The average Bonchev–Trinajstić information content (AvgIpc) is 3.05. The van der Waals surface area contributed by atoms with Crippen LogP contribution in [0.3, 0.4) is 0 Å². The van der Waals surface area contributed by atoms with Crippen LogP contribution >= 0.6 is 0 Å². The number of rotatable bonds is 5. The molecule has 0 radical (unpaired) electrons. The van der Waals surface area contributed by atoms with Gasteiger partial charge in [0.05, 0.1) is 34.6 Å². The molecular weight excluding hydrogens is 366 g/mol. The molecule has 0 unspecified atom stereocenters. The number of carbonyl (C=O) groups excluding carboxylic acids is 1. The number of imidazole rings is 1.